The van der Waals surface area contributed by atoms with Crippen molar-refractivity contribution in [3.8, 4) is 17.2 Å². The first kappa shape index (κ1) is 19.2. The van der Waals surface area contributed by atoms with Gasteiger partial charge < -0.3 is 14.2 Å². The smallest absolute Gasteiger partial charge is 0.189 e. The van der Waals surface area contributed by atoms with Crippen molar-refractivity contribution in [2.45, 2.75) is 6.61 Å². The molecule has 0 unspecified atom stereocenters. The van der Waals surface area contributed by atoms with Crippen LogP contribution in [-0.2, 0) is 6.61 Å². The third-order valence-corrected chi connectivity index (χ3v) is 4.23. The van der Waals surface area contributed by atoms with Crippen LogP contribution in [0.2, 0.25) is 0 Å². The van der Waals surface area contributed by atoms with E-state index in [4.69, 9.17) is 14.2 Å². The summed E-state index contributed by atoms with van der Waals surface area (Å²) in [6, 6.07) is 22.7. The Morgan fingerprint density at radius 2 is 1.57 bits per heavy atom. The monoisotopic (exact) mass is 374 g/mol. The highest BCUT2D eigenvalue weighted by molar-refractivity contribution is 6.08. The van der Waals surface area contributed by atoms with Crippen molar-refractivity contribution < 1.29 is 19.0 Å². The molecule has 142 valence electrons. The third kappa shape index (κ3) is 5.01. The van der Waals surface area contributed by atoms with E-state index in [-0.39, 0.29) is 5.78 Å². The number of carbonyl (C=O) groups is 1. The van der Waals surface area contributed by atoms with Gasteiger partial charge in [-0.2, -0.15) is 0 Å². The molecule has 3 aromatic rings. The Bertz CT molecular complexity index is 944. The van der Waals surface area contributed by atoms with Gasteiger partial charge in [0, 0.05) is 0 Å². The number of hydrogen-bond donors (Lipinski definition) is 0. The fourth-order valence-electron chi connectivity index (χ4n) is 2.68. The number of rotatable bonds is 8. The molecule has 0 spiro atoms. The van der Waals surface area contributed by atoms with Crippen LogP contribution in [0.1, 0.15) is 21.5 Å². The predicted octanol–water partition coefficient (Wildman–Crippen LogP) is 5.18. The minimum atomic E-state index is -0.153. The molecule has 0 N–H and O–H groups in total. The van der Waals surface area contributed by atoms with E-state index in [1.807, 2.05) is 54.6 Å². The maximum atomic E-state index is 12.5. The number of allylic oxidation sites excluding steroid dienone is 1. The number of ketones is 1. The summed E-state index contributed by atoms with van der Waals surface area (Å²) in [7, 11) is 3.10. The molecule has 0 radical (unpaired) electrons. The van der Waals surface area contributed by atoms with Gasteiger partial charge in [-0.1, -0.05) is 48.5 Å². The highest BCUT2D eigenvalue weighted by Crippen LogP contribution is 2.25. The Morgan fingerprint density at radius 1 is 0.857 bits per heavy atom. The molecule has 0 aliphatic heterocycles. The third-order valence-electron chi connectivity index (χ3n) is 4.23. The molecule has 0 amide bonds. The van der Waals surface area contributed by atoms with Gasteiger partial charge in [0.2, 0.25) is 0 Å². The number of methoxy groups -OCH3 is 2. The summed E-state index contributed by atoms with van der Waals surface area (Å²) in [5.74, 6) is 1.75. The zero-order valence-corrected chi connectivity index (χ0v) is 15.9. The van der Waals surface area contributed by atoms with Crippen molar-refractivity contribution in [1.29, 1.82) is 0 Å². The average Bonchev–Trinajstić information content (AvgIpc) is 2.77. The first-order valence-electron chi connectivity index (χ1n) is 8.91. The van der Waals surface area contributed by atoms with Gasteiger partial charge in [-0.3, -0.25) is 4.79 Å². The zero-order valence-electron chi connectivity index (χ0n) is 15.9. The van der Waals surface area contributed by atoms with Gasteiger partial charge in [0.05, 0.1) is 19.8 Å². The number of ether oxygens (including phenoxy) is 3. The highest BCUT2D eigenvalue weighted by Gasteiger charge is 2.11. The van der Waals surface area contributed by atoms with Gasteiger partial charge >= 0.3 is 0 Å². The van der Waals surface area contributed by atoms with E-state index in [0.717, 1.165) is 16.9 Å². The van der Waals surface area contributed by atoms with Crippen LogP contribution in [-0.4, -0.2) is 20.0 Å². The van der Waals surface area contributed by atoms with Crippen LogP contribution in [0.3, 0.4) is 0 Å². The lowest BCUT2D eigenvalue weighted by Crippen LogP contribution is -1.99. The molecular weight excluding hydrogens is 352 g/mol. The van der Waals surface area contributed by atoms with Crippen molar-refractivity contribution in [1.82, 2.24) is 0 Å². The van der Waals surface area contributed by atoms with E-state index < -0.39 is 0 Å². The van der Waals surface area contributed by atoms with Crippen LogP contribution < -0.4 is 14.2 Å². The standard InChI is InChI=1S/C24H22O4/c1-26-21-13-15-24(27-2)22(16-21)23(25)14-10-18-8-11-20(12-9-18)28-17-19-6-4-3-5-7-19/h3-16H,17H2,1-2H3. The van der Waals surface area contributed by atoms with Crippen molar-refractivity contribution in [3.05, 3.63) is 95.6 Å². The number of carbonyl (C=O) groups excluding carboxylic acids is 1. The molecule has 0 saturated carbocycles. The maximum absolute atomic E-state index is 12.5. The molecule has 3 aromatic carbocycles. The predicted molar refractivity (Wildman–Crippen MR) is 110 cm³/mol. The number of hydrogen-bond acceptors (Lipinski definition) is 4. The van der Waals surface area contributed by atoms with Gasteiger partial charge in [-0.15, -0.1) is 0 Å². The summed E-state index contributed by atoms with van der Waals surface area (Å²) >= 11 is 0. The molecule has 4 heteroatoms. The van der Waals surface area contributed by atoms with Crippen LogP contribution in [0.5, 0.6) is 17.2 Å². The molecule has 0 saturated heterocycles. The van der Waals surface area contributed by atoms with Crippen LogP contribution in [0, 0.1) is 0 Å². The van der Waals surface area contributed by atoms with Gasteiger partial charge in [-0.25, -0.2) is 0 Å². The van der Waals surface area contributed by atoms with Crippen LogP contribution >= 0.6 is 0 Å². The Labute approximate surface area is 165 Å². The van der Waals surface area contributed by atoms with Gasteiger partial charge in [-0.05, 0) is 47.5 Å². The maximum Gasteiger partial charge on any atom is 0.189 e. The lowest BCUT2D eigenvalue weighted by Gasteiger charge is -2.08. The lowest BCUT2D eigenvalue weighted by molar-refractivity contribution is 0.104. The fraction of sp³-hybridized carbons (Fsp3) is 0.125. The second-order valence-electron chi connectivity index (χ2n) is 6.11. The topological polar surface area (TPSA) is 44.8 Å². The molecule has 0 aromatic heterocycles. The Morgan fingerprint density at radius 3 is 2.25 bits per heavy atom. The summed E-state index contributed by atoms with van der Waals surface area (Å²) in [6.45, 7) is 0.518. The molecule has 0 aliphatic rings. The van der Waals surface area contributed by atoms with Gasteiger partial charge in [0.25, 0.3) is 0 Å². The van der Waals surface area contributed by atoms with E-state index in [9.17, 15) is 4.79 Å². The summed E-state index contributed by atoms with van der Waals surface area (Å²) < 4.78 is 16.2. The molecule has 0 atom stereocenters. The summed E-state index contributed by atoms with van der Waals surface area (Å²) in [4.78, 5) is 12.5. The Kier molecular flexibility index (Phi) is 6.47. The molecule has 0 bridgehead atoms. The zero-order chi connectivity index (χ0) is 19.8. The summed E-state index contributed by atoms with van der Waals surface area (Å²) in [6.07, 6.45) is 3.29. The Balaban J connectivity index is 1.65. The van der Waals surface area contributed by atoms with E-state index in [1.54, 1.807) is 31.4 Å². The fourth-order valence-corrected chi connectivity index (χ4v) is 2.68. The van der Waals surface area contributed by atoms with Crippen molar-refractivity contribution in [2.75, 3.05) is 14.2 Å². The molecule has 0 aliphatic carbocycles. The summed E-state index contributed by atoms with van der Waals surface area (Å²) in [5, 5.41) is 0. The normalized spacial score (nSPS) is 10.6. The summed E-state index contributed by atoms with van der Waals surface area (Å²) in [5.41, 5.74) is 2.48. The second kappa shape index (κ2) is 9.42. The van der Waals surface area contributed by atoms with E-state index in [1.165, 1.54) is 13.2 Å². The molecular formula is C24H22O4. The minimum Gasteiger partial charge on any atom is -0.497 e. The van der Waals surface area contributed by atoms with E-state index in [2.05, 4.69) is 0 Å². The molecule has 0 heterocycles. The molecule has 3 rings (SSSR count). The van der Waals surface area contributed by atoms with Gasteiger partial charge in [0.1, 0.15) is 23.9 Å². The van der Waals surface area contributed by atoms with Crippen LogP contribution in [0.15, 0.2) is 78.9 Å². The lowest BCUT2D eigenvalue weighted by atomic mass is 10.1. The SMILES string of the molecule is COc1ccc(OC)c(C(=O)C=Cc2ccc(OCc3ccccc3)cc2)c1. The molecule has 28 heavy (non-hydrogen) atoms. The largest absolute Gasteiger partial charge is 0.497 e. The van der Waals surface area contributed by atoms with E-state index in [0.29, 0.717) is 23.7 Å². The van der Waals surface area contributed by atoms with Crippen molar-refractivity contribution in [2.24, 2.45) is 0 Å². The van der Waals surface area contributed by atoms with E-state index >= 15 is 0 Å². The minimum absolute atomic E-state index is 0.153. The first-order chi connectivity index (χ1) is 13.7. The van der Waals surface area contributed by atoms with Crippen LogP contribution in [0.4, 0.5) is 0 Å². The van der Waals surface area contributed by atoms with Crippen LogP contribution in [0.25, 0.3) is 6.08 Å². The first-order valence-corrected chi connectivity index (χ1v) is 8.91. The highest BCUT2D eigenvalue weighted by atomic mass is 16.5. The second-order valence-corrected chi connectivity index (χ2v) is 6.11. The molecule has 0 fully saturated rings. The Hall–Kier alpha value is -3.53. The van der Waals surface area contributed by atoms with Crippen molar-refractivity contribution in [3.63, 3.8) is 0 Å². The average molecular weight is 374 g/mol. The van der Waals surface area contributed by atoms with Gasteiger partial charge in [0.15, 0.2) is 5.78 Å². The molecule has 4 nitrogen and oxygen atoms in total. The van der Waals surface area contributed by atoms with Crippen molar-refractivity contribution >= 4 is 11.9 Å². The quantitative estimate of drug-likeness (QED) is 0.403. The number of benzene rings is 3.